The fourth-order valence-corrected chi connectivity index (χ4v) is 19.2. The zero-order valence-corrected chi connectivity index (χ0v) is 69.0. The van der Waals surface area contributed by atoms with Gasteiger partial charge in [-0.2, -0.15) is 21.0 Å². The molecule has 0 bridgehead atoms. The number of carbonyl (C=O) groups excluding carboxylic acids is 1. The summed E-state index contributed by atoms with van der Waals surface area (Å²) in [4.78, 5) is 13.9. The molecule has 1 saturated carbocycles. The van der Waals surface area contributed by atoms with Crippen molar-refractivity contribution in [3.8, 4) is 70.1 Å². The number of carbonyl (C=O) groups is 1. The predicted molar refractivity (Wildman–Crippen MR) is 449 cm³/mol. The van der Waals surface area contributed by atoms with Crippen molar-refractivity contribution in [2.75, 3.05) is 18.0 Å². The minimum atomic E-state index is -0.863. The number of halogens is 1. The number of fused-ring (bicyclic) bond motifs is 4. The lowest BCUT2D eigenvalue weighted by molar-refractivity contribution is -0.117. The molecule has 1 aliphatic carbocycles. The maximum Gasteiger partial charge on any atom is 0.244 e. The van der Waals surface area contributed by atoms with E-state index in [1.165, 1.54) is 24.1 Å². The Bertz CT molecular complexity index is 5840. The van der Waals surface area contributed by atoms with E-state index in [0.717, 1.165) is 151 Å². The molecule has 600 valence electrons. The third-order valence-corrected chi connectivity index (χ3v) is 24.3. The molecule has 10 aromatic rings. The summed E-state index contributed by atoms with van der Waals surface area (Å²) >= 11 is 6.38. The first-order valence-electron chi connectivity index (χ1n) is 39.5. The van der Waals surface area contributed by atoms with Crippen molar-refractivity contribution in [2.24, 2.45) is 52.3 Å². The number of H-pyrrole nitrogens is 4. The van der Waals surface area contributed by atoms with Gasteiger partial charge in [0.15, 0.2) is 0 Å². The average Bonchev–Trinajstić information content (AvgIpc) is 1.65. The van der Waals surface area contributed by atoms with Crippen molar-refractivity contribution >= 4 is 23.2 Å². The smallest absolute Gasteiger partial charge is 0.244 e. The summed E-state index contributed by atoms with van der Waals surface area (Å²) in [6, 6.07) is 52.1. The second kappa shape index (κ2) is 32.7. The van der Waals surface area contributed by atoms with Crippen LogP contribution in [-0.2, 0) is 45.9 Å². The number of benzene rings is 6. The van der Waals surface area contributed by atoms with E-state index in [2.05, 4.69) is 174 Å². The molecule has 15 N–H and O–H groups in total. The number of hydrogen-bond donors (Lipinski definition) is 10. The van der Waals surface area contributed by atoms with Crippen LogP contribution >= 0.6 is 11.6 Å². The van der Waals surface area contributed by atoms with Gasteiger partial charge in [0.05, 0.1) is 56.9 Å². The number of ether oxygens (including phenoxy) is 4. The first-order valence-corrected chi connectivity index (χ1v) is 39.9. The number of nitrogens with two attached hydrogens (primary N) is 5. The number of aromatic nitrogens is 8. The van der Waals surface area contributed by atoms with E-state index in [1.807, 2.05) is 113 Å². The molecule has 0 spiro atoms. The Labute approximate surface area is 687 Å². The topological polar surface area (TPSA) is 417 Å². The molecule has 9 heterocycles. The molecule has 4 atom stereocenters. The van der Waals surface area contributed by atoms with Gasteiger partial charge in [-0.3, -0.25) is 25.2 Å². The minimum Gasteiger partial charge on any atom is -0.420 e. The number of aliphatic hydroxyl groups is 1. The van der Waals surface area contributed by atoms with Crippen molar-refractivity contribution < 1.29 is 28.8 Å². The van der Waals surface area contributed by atoms with Crippen LogP contribution in [0.15, 0.2) is 173 Å². The monoisotopic (exact) mass is 1590 g/mol. The summed E-state index contributed by atoms with van der Waals surface area (Å²) in [5.41, 5.74) is 49.7. The SMILES string of the molecule is CCc1cc(-c2cccc(CC(N)=O)c2)cc(C2(C(C)C)C(C#N)=C(N)Oc3n[nH]c(C)c32)c1.Cc1[nH]nc2c1C(c1cc(CO)cc(-c3ccccc3)c1)(C(C)C)C(C#N)=C(N)O2.Cc1cc(Cl)cc(C2(C3CCC3)C(C#N)=C(N)Oc3n[nH]c(C)c32)c1.Cc1cc(N2CCCC2)cc(C2(C(C)C)C(C#N)=C(N)Oc3n[nH]c(C)c32)c1. The Morgan fingerprint density at radius 1 is 0.496 bits per heavy atom. The van der Waals surface area contributed by atoms with Gasteiger partial charge < -0.3 is 57.6 Å². The summed E-state index contributed by atoms with van der Waals surface area (Å²) in [6.45, 7) is 28.5. The highest BCUT2D eigenvalue weighted by Crippen LogP contribution is 2.60. The molecular weight excluding hydrogens is 1490 g/mol. The van der Waals surface area contributed by atoms with Gasteiger partial charge in [0.2, 0.25) is 53.0 Å². The van der Waals surface area contributed by atoms with E-state index in [0.29, 0.717) is 50.8 Å². The van der Waals surface area contributed by atoms with Crippen molar-refractivity contribution in [1.29, 1.82) is 21.0 Å². The Hall–Kier alpha value is -13.0. The lowest BCUT2D eigenvalue weighted by atomic mass is 9.55. The second-order valence-corrected chi connectivity index (χ2v) is 32.5. The fourth-order valence-electron chi connectivity index (χ4n) is 18.9. The number of nitriles is 4. The average molecular weight is 1590 g/mol. The van der Waals surface area contributed by atoms with E-state index in [9.17, 15) is 30.9 Å². The van der Waals surface area contributed by atoms with Crippen molar-refractivity contribution in [3.63, 3.8) is 0 Å². The van der Waals surface area contributed by atoms with Gasteiger partial charge in [0, 0.05) is 46.6 Å². The zero-order valence-electron chi connectivity index (χ0n) is 68.3. The number of aryl methyl sites for hydroxylation is 7. The highest BCUT2D eigenvalue weighted by atomic mass is 35.5. The molecule has 4 aromatic heterocycles. The molecular formula is C92H99ClN18O6. The van der Waals surface area contributed by atoms with Gasteiger partial charge in [-0.15, -0.1) is 20.4 Å². The number of aromatic amines is 4. The summed E-state index contributed by atoms with van der Waals surface area (Å²) in [6.07, 6.45) is 6.60. The number of nitrogens with zero attached hydrogens (tertiary/aromatic N) is 9. The van der Waals surface area contributed by atoms with Gasteiger partial charge in [0.25, 0.3) is 0 Å². The molecule has 0 radical (unpaired) electrons. The van der Waals surface area contributed by atoms with Crippen molar-refractivity contribution in [2.45, 2.75) is 163 Å². The van der Waals surface area contributed by atoms with E-state index >= 15 is 0 Å². The maximum absolute atomic E-state index is 11.5. The Morgan fingerprint density at radius 3 is 1.34 bits per heavy atom. The quantitative estimate of drug-likeness (QED) is 0.0456. The molecule has 24 nitrogen and oxygen atoms in total. The minimum absolute atomic E-state index is 0.0270. The molecule has 6 aromatic carbocycles. The van der Waals surface area contributed by atoms with Crippen LogP contribution in [0.4, 0.5) is 5.69 Å². The fraction of sp³-hybridized carbons (Fsp3) is 0.337. The molecule has 25 heteroatoms. The molecule has 6 aliphatic rings. The van der Waals surface area contributed by atoms with Crippen LogP contribution in [0.25, 0.3) is 22.3 Å². The van der Waals surface area contributed by atoms with Gasteiger partial charge in [-0.1, -0.05) is 151 Å². The number of rotatable bonds is 15. The van der Waals surface area contributed by atoms with Crippen molar-refractivity contribution in [1.82, 2.24) is 40.8 Å². The largest absolute Gasteiger partial charge is 0.420 e. The number of primary amides is 1. The zero-order chi connectivity index (χ0) is 83.9. The van der Waals surface area contributed by atoms with E-state index in [1.54, 1.807) is 0 Å². The van der Waals surface area contributed by atoms with Crippen LogP contribution in [0.3, 0.4) is 0 Å². The van der Waals surface area contributed by atoms with Crippen LogP contribution in [-0.4, -0.2) is 64.9 Å². The predicted octanol–water partition coefficient (Wildman–Crippen LogP) is 15.4. The molecule has 4 unspecified atom stereocenters. The molecule has 1 saturated heterocycles. The van der Waals surface area contributed by atoms with Crippen LogP contribution < -0.4 is 52.5 Å². The molecule has 5 aliphatic heterocycles. The summed E-state index contributed by atoms with van der Waals surface area (Å²) in [5.74, 6) is 2.00. The number of allylic oxidation sites excluding steroid dienone is 4. The summed E-state index contributed by atoms with van der Waals surface area (Å²) in [5, 5.41) is 80.3. The Balaban J connectivity index is 0.000000136. The standard InChI is InChI=1S/C27H29N5O2.C24H24N4O2.C22H27N5O.C19H19ClN4O/c1-5-17-9-20(19-8-6-7-18(10-19)12-23(29)33)13-21(11-17)27(15(2)3)22(14-28)25(30)34-26-24(27)16(4)31-32-26;1-14(2)24(20(12-25)22(26)30-23-21(24)15(3)27-28-23)19-10-16(13-29)9-18(11-19)17-7-5-4-6-8-17;1-13(2)22(16-9-14(3)10-17(11-16)27-7-5-6-8-27)18(12-23)20(24)28-21-19(22)15(4)25-26-21;1-10-6-13(8-14(20)7-10)19(12-4-3-5-12)15(9-21)17(22)25-18-16(19)11(2)23-24-18/h6-11,13,15H,5,12,30H2,1-4H3,(H2,29,33)(H,31,32);4-11,14,29H,13,26H2,1-3H3,(H,27,28);9-11,13H,5-8,24H2,1-4H3,(H,25,26);6-8,12H,3-5,22H2,1-2H3,(H,23,24). The number of hydrogen-bond acceptors (Lipinski definition) is 19. The summed E-state index contributed by atoms with van der Waals surface area (Å²) < 4.78 is 22.9. The lowest BCUT2D eigenvalue weighted by Crippen LogP contribution is -2.46. The third kappa shape index (κ3) is 14.0. The third-order valence-electron chi connectivity index (χ3n) is 24.1. The van der Waals surface area contributed by atoms with E-state index in [-0.39, 0.29) is 66.1 Å². The van der Waals surface area contributed by atoms with Crippen molar-refractivity contribution in [3.05, 3.63) is 273 Å². The molecule has 16 rings (SSSR count). The first-order chi connectivity index (χ1) is 56.0. The number of nitrogens with one attached hydrogen (secondary N) is 4. The van der Waals surface area contributed by atoms with Crippen LogP contribution in [0.1, 0.15) is 176 Å². The number of aliphatic hydroxyl groups excluding tert-OH is 1. The highest BCUT2D eigenvalue weighted by Gasteiger charge is 2.57. The number of anilines is 1. The number of amides is 1. The Morgan fingerprint density at radius 2 is 0.906 bits per heavy atom. The van der Waals surface area contributed by atoms with Crippen LogP contribution in [0, 0.1) is 111 Å². The lowest BCUT2D eigenvalue weighted by Gasteiger charge is -2.47. The van der Waals surface area contributed by atoms with Crippen LogP contribution in [0.2, 0.25) is 5.02 Å². The van der Waals surface area contributed by atoms with Crippen LogP contribution in [0.5, 0.6) is 23.5 Å². The van der Waals surface area contributed by atoms with Gasteiger partial charge in [-0.05, 0) is 212 Å². The molecule has 117 heavy (non-hydrogen) atoms. The maximum atomic E-state index is 11.5. The van der Waals surface area contributed by atoms with Gasteiger partial charge in [-0.25, -0.2) is 0 Å². The summed E-state index contributed by atoms with van der Waals surface area (Å²) in [7, 11) is 0. The van der Waals surface area contributed by atoms with E-state index in [4.69, 9.17) is 59.2 Å². The van der Waals surface area contributed by atoms with Gasteiger partial charge >= 0.3 is 0 Å². The molecule has 1 amide bonds. The van der Waals surface area contributed by atoms with E-state index < -0.39 is 21.7 Å². The molecule has 2 fully saturated rings. The van der Waals surface area contributed by atoms with Gasteiger partial charge in [0.1, 0.15) is 46.6 Å². The highest BCUT2D eigenvalue weighted by molar-refractivity contribution is 6.30. The normalized spacial score (nSPS) is 19.7. The second-order valence-electron chi connectivity index (χ2n) is 32.1. The first kappa shape index (κ1) is 82.0. The Kier molecular flexibility index (Phi) is 22.9.